The van der Waals surface area contributed by atoms with Gasteiger partial charge in [0.1, 0.15) is 12.1 Å². The highest BCUT2D eigenvalue weighted by Gasteiger charge is 2.28. The molecule has 0 unspecified atom stereocenters. The average molecular weight is 286 g/mol. The topological polar surface area (TPSA) is 83.7 Å². The van der Waals surface area contributed by atoms with E-state index in [1.165, 1.54) is 5.56 Å². The minimum atomic E-state index is 0.336. The van der Waals surface area contributed by atoms with Gasteiger partial charge in [-0.15, -0.1) is 0 Å². The number of aromatic nitrogens is 4. The molecule has 3 rings (SSSR count). The standard InChI is InChI=1S/C15H22N6/c1-9-13(10(2)20-19-9)7-21(3)15-6-14(17-8-18-15)11-4-12(16)5-11/h6,8,11-12H,4-5,7,16H2,1-3H3,(H,19,20). The number of hydrogen-bond donors (Lipinski definition) is 2. The smallest absolute Gasteiger partial charge is 0.132 e. The lowest BCUT2D eigenvalue weighted by Crippen LogP contribution is -2.35. The number of hydrogen-bond acceptors (Lipinski definition) is 5. The van der Waals surface area contributed by atoms with Gasteiger partial charge in [-0.05, 0) is 26.7 Å². The first-order chi connectivity index (χ1) is 10.0. The van der Waals surface area contributed by atoms with Crippen molar-refractivity contribution in [2.75, 3.05) is 11.9 Å². The molecule has 2 aromatic rings. The molecule has 3 N–H and O–H groups in total. The van der Waals surface area contributed by atoms with Gasteiger partial charge in [-0.3, -0.25) is 5.10 Å². The summed E-state index contributed by atoms with van der Waals surface area (Å²) in [6.45, 7) is 4.85. The Morgan fingerprint density at radius 1 is 1.33 bits per heavy atom. The van der Waals surface area contributed by atoms with Crippen molar-refractivity contribution in [1.82, 2.24) is 20.2 Å². The first-order valence-corrected chi connectivity index (χ1v) is 7.33. The van der Waals surface area contributed by atoms with Crippen molar-refractivity contribution in [3.05, 3.63) is 35.0 Å². The van der Waals surface area contributed by atoms with Crippen LogP contribution in [0.2, 0.25) is 0 Å². The summed E-state index contributed by atoms with van der Waals surface area (Å²) < 4.78 is 0. The van der Waals surface area contributed by atoms with Crippen LogP contribution in [0.3, 0.4) is 0 Å². The summed E-state index contributed by atoms with van der Waals surface area (Å²) in [4.78, 5) is 10.9. The van der Waals surface area contributed by atoms with E-state index in [9.17, 15) is 0 Å². The van der Waals surface area contributed by atoms with E-state index in [-0.39, 0.29) is 0 Å². The molecule has 0 spiro atoms. The van der Waals surface area contributed by atoms with Gasteiger partial charge in [-0.25, -0.2) is 9.97 Å². The molecule has 1 aliphatic rings. The van der Waals surface area contributed by atoms with Gasteiger partial charge in [0, 0.05) is 48.6 Å². The molecule has 0 aromatic carbocycles. The third-order valence-electron chi connectivity index (χ3n) is 4.33. The Bertz CT molecular complexity index is 609. The zero-order chi connectivity index (χ0) is 15.0. The lowest BCUT2D eigenvalue weighted by Gasteiger charge is -2.32. The second-order valence-electron chi connectivity index (χ2n) is 6.00. The summed E-state index contributed by atoms with van der Waals surface area (Å²) in [7, 11) is 2.05. The summed E-state index contributed by atoms with van der Waals surface area (Å²) in [6.07, 6.45) is 3.71. The van der Waals surface area contributed by atoms with Gasteiger partial charge >= 0.3 is 0 Å². The van der Waals surface area contributed by atoms with Gasteiger partial charge in [-0.2, -0.15) is 5.10 Å². The lowest BCUT2D eigenvalue weighted by atomic mass is 9.78. The Balaban J connectivity index is 1.75. The van der Waals surface area contributed by atoms with Crippen LogP contribution in [0.25, 0.3) is 0 Å². The SMILES string of the molecule is Cc1n[nH]c(C)c1CN(C)c1cc(C2CC(N)C2)ncn1. The van der Waals surface area contributed by atoms with E-state index < -0.39 is 0 Å². The number of aryl methyl sites for hydroxylation is 2. The normalized spacial score (nSPS) is 21.1. The average Bonchev–Trinajstić information content (AvgIpc) is 2.76. The quantitative estimate of drug-likeness (QED) is 0.893. The third-order valence-corrected chi connectivity index (χ3v) is 4.33. The highest BCUT2D eigenvalue weighted by molar-refractivity contribution is 5.41. The second-order valence-corrected chi connectivity index (χ2v) is 6.00. The largest absolute Gasteiger partial charge is 0.355 e. The Morgan fingerprint density at radius 2 is 2.10 bits per heavy atom. The van der Waals surface area contributed by atoms with Gasteiger partial charge in [0.05, 0.1) is 5.69 Å². The maximum absolute atomic E-state index is 5.86. The Morgan fingerprint density at radius 3 is 2.71 bits per heavy atom. The summed E-state index contributed by atoms with van der Waals surface area (Å²) in [5.41, 5.74) is 10.3. The Hall–Kier alpha value is -1.95. The van der Waals surface area contributed by atoms with Crippen LogP contribution in [-0.4, -0.2) is 33.3 Å². The molecule has 0 saturated heterocycles. The fourth-order valence-electron chi connectivity index (χ4n) is 2.82. The third kappa shape index (κ3) is 2.76. The maximum Gasteiger partial charge on any atom is 0.132 e. The van der Waals surface area contributed by atoms with Crippen LogP contribution in [0.1, 0.15) is 41.4 Å². The highest BCUT2D eigenvalue weighted by atomic mass is 15.2. The fraction of sp³-hybridized carbons (Fsp3) is 0.533. The molecule has 0 aliphatic heterocycles. The Kier molecular flexibility index (Phi) is 3.63. The maximum atomic E-state index is 5.86. The molecule has 21 heavy (non-hydrogen) atoms. The minimum Gasteiger partial charge on any atom is -0.355 e. The van der Waals surface area contributed by atoms with Crippen molar-refractivity contribution in [3.63, 3.8) is 0 Å². The molecule has 6 nitrogen and oxygen atoms in total. The molecule has 112 valence electrons. The summed E-state index contributed by atoms with van der Waals surface area (Å²) >= 11 is 0. The van der Waals surface area contributed by atoms with Crippen LogP contribution in [0.4, 0.5) is 5.82 Å². The second kappa shape index (κ2) is 5.44. The molecule has 1 fully saturated rings. The summed E-state index contributed by atoms with van der Waals surface area (Å²) in [5.74, 6) is 1.44. The van der Waals surface area contributed by atoms with E-state index in [4.69, 9.17) is 5.73 Å². The molecule has 2 heterocycles. The van der Waals surface area contributed by atoms with Crippen LogP contribution in [0, 0.1) is 13.8 Å². The van der Waals surface area contributed by atoms with Crippen molar-refractivity contribution >= 4 is 5.82 Å². The number of nitrogens with two attached hydrogens (primary N) is 1. The predicted molar refractivity (Wildman–Crippen MR) is 82.2 cm³/mol. The highest BCUT2D eigenvalue weighted by Crippen LogP contribution is 2.35. The molecular formula is C15H22N6. The van der Waals surface area contributed by atoms with Crippen molar-refractivity contribution in [3.8, 4) is 0 Å². The number of nitrogens with zero attached hydrogens (tertiary/aromatic N) is 4. The fourth-order valence-corrected chi connectivity index (χ4v) is 2.82. The number of anilines is 1. The number of nitrogens with one attached hydrogen (secondary N) is 1. The van der Waals surface area contributed by atoms with Crippen molar-refractivity contribution in [2.24, 2.45) is 5.73 Å². The van der Waals surface area contributed by atoms with E-state index in [0.717, 1.165) is 42.3 Å². The van der Waals surface area contributed by atoms with Crippen molar-refractivity contribution < 1.29 is 0 Å². The van der Waals surface area contributed by atoms with E-state index in [2.05, 4.69) is 31.1 Å². The molecular weight excluding hydrogens is 264 g/mol. The number of aromatic amines is 1. The summed E-state index contributed by atoms with van der Waals surface area (Å²) in [6, 6.07) is 2.42. The molecule has 1 aliphatic carbocycles. The summed E-state index contributed by atoms with van der Waals surface area (Å²) in [5, 5.41) is 7.26. The molecule has 0 atom stereocenters. The molecule has 2 aromatic heterocycles. The zero-order valence-electron chi connectivity index (χ0n) is 12.8. The van der Waals surface area contributed by atoms with Crippen LogP contribution in [-0.2, 0) is 6.54 Å². The van der Waals surface area contributed by atoms with Crippen LogP contribution < -0.4 is 10.6 Å². The molecule has 0 amide bonds. The van der Waals surface area contributed by atoms with Gasteiger partial charge in [0.15, 0.2) is 0 Å². The van der Waals surface area contributed by atoms with Gasteiger partial charge in [-0.1, -0.05) is 0 Å². The van der Waals surface area contributed by atoms with E-state index in [1.54, 1.807) is 6.33 Å². The first kappa shape index (κ1) is 14.0. The number of H-pyrrole nitrogens is 1. The van der Waals surface area contributed by atoms with Crippen LogP contribution in [0.15, 0.2) is 12.4 Å². The monoisotopic (exact) mass is 286 g/mol. The molecule has 0 bridgehead atoms. The zero-order valence-corrected chi connectivity index (χ0v) is 12.8. The number of rotatable bonds is 4. The first-order valence-electron chi connectivity index (χ1n) is 7.33. The van der Waals surface area contributed by atoms with Gasteiger partial charge in [0.25, 0.3) is 0 Å². The predicted octanol–water partition coefficient (Wildman–Crippen LogP) is 1.66. The molecule has 6 heteroatoms. The van der Waals surface area contributed by atoms with E-state index in [0.29, 0.717) is 12.0 Å². The Labute approximate surface area is 124 Å². The van der Waals surface area contributed by atoms with E-state index >= 15 is 0 Å². The molecule has 1 saturated carbocycles. The molecule has 0 radical (unpaired) electrons. The van der Waals surface area contributed by atoms with Gasteiger partial charge < -0.3 is 10.6 Å². The lowest BCUT2D eigenvalue weighted by molar-refractivity contribution is 0.345. The van der Waals surface area contributed by atoms with Gasteiger partial charge in [0.2, 0.25) is 0 Å². The van der Waals surface area contributed by atoms with Crippen LogP contribution in [0.5, 0.6) is 0 Å². The van der Waals surface area contributed by atoms with E-state index in [1.807, 2.05) is 20.9 Å². The van der Waals surface area contributed by atoms with Crippen molar-refractivity contribution in [1.29, 1.82) is 0 Å². The van der Waals surface area contributed by atoms with Crippen LogP contribution >= 0.6 is 0 Å². The van der Waals surface area contributed by atoms with Crippen molar-refractivity contribution in [2.45, 2.75) is 45.2 Å². The minimum absolute atomic E-state index is 0.336.